The summed E-state index contributed by atoms with van der Waals surface area (Å²) in [6.45, 7) is 5.31. The lowest BCUT2D eigenvalue weighted by Crippen LogP contribution is -2.46. The van der Waals surface area contributed by atoms with E-state index in [2.05, 4.69) is 28.5 Å². The number of nitriles is 1. The maximum atomic E-state index is 11.5. The van der Waals surface area contributed by atoms with Crippen LogP contribution < -0.4 is 10.6 Å². The molecule has 0 spiro atoms. The zero-order valence-electron chi connectivity index (χ0n) is 15.1. The Hall–Kier alpha value is -2.55. The molecule has 0 saturated carbocycles. The molecule has 0 aliphatic carbocycles. The lowest BCUT2D eigenvalue weighted by molar-refractivity contribution is -0.121. The van der Waals surface area contributed by atoms with Crippen molar-refractivity contribution in [2.45, 2.75) is 32.7 Å². The predicted octanol–water partition coefficient (Wildman–Crippen LogP) is 1.87. The van der Waals surface area contributed by atoms with E-state index in [1.54, 1.807) is 7.05 Å². The van der Waals surface area contributed by atoms with E-state index in [4.69, 9.17) is 10.3 Å². The van der Waals surface area contributed by atoms with Gasteiger partial charge in [-0.1, -0.05) is 12.1 Å². The second kappa shape index (κ2) is 9.67. The lowest BCUT2D eigenvalue weighted by atomic mass is 9.93. The second-order valence-electron chi connectivity index (χ2n) is 6.29. The number of rotatable bonds is 5. The lowest BCUT2D eigenvalue weighted by Gasteiger charge is -2.34. The first-order valence-electron chi connectivity index (χ1n) is 8.89. The highest BCUT2D eigenvalue weighted by molar-refractivity contribution is 5.80. The van der Waals surface area contributed by atoms with E-state index in [1.807, 2.05) is 24.3 Å². The molecule has 1 aromatic carbocycles. The van der Waals surface area contributed by atoms with Gasteiger partial charge in [0.05, 0.1) is 18.2 Å². The summed E-state index contributed by atoms with van der Waals surface area (Å²) < 4.78 is 0. The number of nitrogens with zero attached hydrogens (tertiary/aromatic N) is 3. The van der Waals surface area contributed by atoms with Gasteiger partial charge < -0.3 is 15.5 Å². The summed E-state index contributed by atoms with van der Waals surface area (Å²) in [6.07, 6.45) is 2.63. The quantitative estimate of drug-likeness (QED) is 0.633. The van der Waals surface area contributed by atoms with Crippen LogP contribution in [0.3, 0.4) is 0 Å². The molecule has 0 atom stereocenters. The van der Waals surface area contributed by atoms with Crippen LogP contribution in [0.4, 0.5) is 0 Å². The predicted molar refractivity (Wildman–Crippen MR) is 99.0 cm³/mol. The summed E-state index contributed by atoms with van der Waals surface area (Å²) >= 11 is 0. The molecule has 1 aliphatic heterocycles. The van der Waals surface area contributed by atoms with Crippen LogP contribution in [-0.2, 0) is 11.3 Å². The molecule has 0 bridgehead atoms. The van der Waals surface area contributed by atoms with Gasteiger partial charge in [0, 0.05) is 33.1 Å². The first-order valence-corrected chi connectivity index (χ1v) is 8.89. The van der Waals surface area contributed by atoms with Gasteiger partial charge in [-0.25, -0.2) is 4.99 Å². The highest BCUT2D eigenvalue weighted by atomic mass is 16.1. The van der Waals surface area contributed by atoms with Crippen molar-refractivity contribution in [1.29, 1.82) is 5.26 Å². The van der Waals surface area contributed by atoms with Gasteiger partial charge in [-0.3, -0.25) is 4.79 Å². The molecule has 0 unspecified atom stereocenters. The molecule has 1 aliphatic rings. The maximum Gasteiger partial charge on any atom is 0.220 e. The summed E-state index contributed by atoms with van der Waals surface area (Å²) in [4.78, 5) is 18.5. The molecule has 0 radical (unpaired) electrons. The van der Waals surface area contributed by atoms with E-state index >= 15 is 0 Å². The third-order valence-corrected chi connectivity index (χ3v) is 4.50. The number of amides is 1. The van der Waals surface area contributed by atoms with Crippen molar-refractivity contribution >= 4 is 11.9 Å². The van der Waals surface area contributed by atoms with Gasteiger partial charge in [-0.2, -0.15) is 5.26 Å². The SMILES string of the molecule is CCNC(=NCc1ccc(C#N)cc1)N1CCC(CC(=O)NC)CC1. The first-order chi connectivity index (χ1) is 12.2. The van der Waals surface area contributed by atoms with Gasteiger partial charge in [0.2, 0.25) is 5.91 Å². The van der Waals surface area contributed by atoms with Crippen LogP contribution >= 0.6 is 0 Å². The average Bonchev–Trinajstić information content (AvgIpc) is 2.66. The van der Waals surface area contributed by atoms with E-state index in [0.717, 1.165) is 44.0 Å². The molecule has 0 aromatic heterocycles. The van der Waals surface area contributed by atoms with Crippen molar-refractivity contribution in [3.63, 3.8) is 0 Å². The number of carbonyl (C=O) groups is 1. The van der Waals surface area contributed by atoms with Crippen molar-refractivity contribution < 1.29 is 4.79 Å². The van der Waals surface area contributed by atoms with Crippen molar-refractivity contribution in [3.8, 4) is 6.07 Å². The Balaban J connectivity index is 1.93. The van der Waals surface area contributed by atoms with Gasteiger partial charge in [0.15, 0.2) is 5.96 Å². The summed E-state index contributed by atoms with van der Waals surface area (Å²) in [7, 11) is 1.69. The topological polar surface area (TPSA) is 80.5 Å². The molecule has 6 heteroatoms. The highest BCUT2D eigenvalue weighted by Crippen LogP contribution is 2.20. The molecule has 1 heterocycles. The smallest absolute Gasteiger partial charge is 0.220 e. The minimum Gasteiger partial charge on any atom is -0.359 e. The summed E-state index contributed by atoms with van der Waals surface area (Å²) in [5.41, 5.74) is 1.75. The van der Waals surface area contributed by atoms with Crippen LogP contribution in [-0.4, -0.2) is 43.4 Å². The van der Waals surface area contributed by atoms with E-state index in [9.17, 15) is 4.79 Å². The molecule has 1 amide bonds. The largest absolute Gasteiger partial charge is 0.359 e. The van der Waals surface area contributed by atoms with Crippen molar-refractivity contribution in [2.75, 3.05) is 26.7 Å². The monoisotopic (exact) mass is 341 g/mol. The van der Waals surface area contributed by atoms with Gasteiger partial charge in [-0.15, -0.1) is 0 Å². The van der Waals surface area contributed by atoms with Crippen molar-refractivity contribution in [1.82, 2.24) is 15.5 Å². The number of nitrogens with one attached hydrogen (secondary N) is 2. The summed E-state index contributed by atoms with van der Waals surface area (Å²) in [5.74, 6) is 1.50. The Labute approximate surface area is 149 Å². The van der Waals surface area contributed by atoms with E-state index in [-0.39, 0.29) is 5.91 Å². The van der Waals surface area contributed by atoms with Crippen LogP contribution in [0.5, 0.6) is 0 Å². The third kappa shape index (κ3) is 5.79. The average molecular weight is 341 g/mol. The van der Waals surface area contributed by atoms with Gasteiger partial charge in [0.1, 0.15) is 0 Å². The normalized spacial score (nSPS) is 15.6. The summed E-state index contributed by atoms with van der Waals surface area (Å²) in [6, 6.07) is 9.66. The number of aliphatic imine (C=N–C) groups is 1. The van der Waals surface area contributed by atoms with E-state index < -0.39 is 0 Å². The molecule has 1 fully saturated rings. The van der Waals surface area contributed by atoms with Gasteiger partial charge in [0.25, 0.3) is 0 Å². The molecule has 6 nitrogen and oxygen atoms in total. The molecule has 25 heavy (non-hydrogen) atoms. The Kier molecular flexibility index (Phi) is 7.27. The third-order valence-electron chi connectivity index (χ3n) is 4.50. The Morgan fingerprint density at radius 2 is 2.00 bits per heavy atom. The minimum absolute atomic E-state index is 0.125. The van der Waals surface area contributed by atoms with E-state index in [0.29, 0.717) is 24.4 Å². The molecule has 1 aromatic rings. The number of piperidine rings is 1. The zero-order chi connectivity index (χ0) is 18.1. The maximum absolute atomic E-state index is 11.5. The molecule has 1 saturated heterocycles. The number of hydrogen-bond donors (Lipinski definition) is 2. The number of benzene rings is 1. The van der Waals surface area contributed by atoms with Gasteiger partial charge in [-0.05, 0) is 43.4 Å². The number of guanidine groups is 1. The zero-order valence-corrected chi connectivity index (χ0v) is 15.1. The fourth-order valence-corrected chi connectivity index (χ4v) is 2.99. The highest BCUT2D eigenvalue weighted by Gasteiger charge is 2.22. The number of likely N-dealkylation sites (tertiary alicyclic amines) is 1. The van der Waals surface area contributed by atoms with E-state index in [1.165, 1.54) is 0 Å². The Morgan fingerprint density at radius 3 is 2.56 bits per heavy atom. The Bertz CT molecular complexity index is 624. The van der Waals surface area contributed by atoms with Crippen molar-refractivity contribution in [2.24, 2.45) is 10.9 Å². The molecule has 2 rings (SSSR count). The standard InChI is InChI=1S/C19H27N5O/c1-3-22-19(23-14-17-6-4-16(13-20)5-7-17)24-10-8-15(9-11-24)12-18(25)21-2/h4-7,15H,3,8-12,14H2,1-2H3,(H,21,25)(H,22,23). The van der Waals surface area contributed by atoms with Gasteiger partial charge >= 0.3 is 0 Å². The number of hydrogen-bond acceptors (Lipinski definition) is 3. The summed E-state index contributed by atoms with van der Waals surface area (Å²) in [5, 5.41) is 14.9. The fourth-order valence-electron chi connectivity index (χ4n) is 2.99. The van der Waals surface area contributed by atoms with Crippen LogP contribution in [0.25, 0.3) is 0 Å². The molecule has 134 valence electrons. The number of carbonyl (C=O) groups excluding carboxylic acids is 1. The second-order valence-corrected chi connectivity index (χ2v) is 6.29. The minimum atomic E-state index is 0.125. The molecule has 2 N–H and O–H groups in total. The van der Waals surface area contributed by atoms with Crippen LogP contribution in [0.2, 0.25) is 0 Å². The Morgan fingerprint density at radius 1 is 1.32 bits per heavy atom. The molecular weight excluding hydrogens is 314 g/mol. The molecular formula is C19H27N5O. The van der Waals surface area contributed by atoms with Crippen LogP contribution in [0, 0.1) is 17.2 Å². The fraction of sp³-hybridized carbons (Fsp3) is 0.526. The first kappa shape index (κ1) is 18.8. The van der Waals surface area contributed by atoms with Crippen molar-refractivity contribution in [3.05, 3.63) is 35.4 Å². The van der Waals surface area contributed by atoms with Crippen LogP contribution in [0.1, 0.15) is 37.3 Å². The van der Waals surface area contributed by atoms with Crippen LogP contribution in [0.15, 0.2) is 29.3 Å².